The van der Waals surface area contributed by atoms with Crippen molar-refractivity contribution in [2.24, 2.45) is 0 Å². The first-order valence-corrected chi connectivity index (χ1v) is 10.3. The van der Waals surface area contributed by atoms with Crippen molar-refractivity contribution in [1.29, 1.82) is 0 Å². The number of anilines is 1. The number of carbonyl (C=O) groups excluding carboxylic acids is 2. The average Bonchev–Trinajstić information content (AvgIpc) is 3.19. The van der Waals surface area contributed by atoms with Gasteiger partial charge in [0.15, 0.2) is 0 Å². The summed E-state index contributed by atoms with van der Waals surface area (Å²) >= 11 is 12.3. The molecule has 2 amide bonds. The molecule has 3 aromatic carbocycles. The first kappa shape index (κ1) is 18.9. The van der Waals surface area contributed by atoms with E-state index in [4.69, 9.17) is 23.2 Å². The number of nitrogens with zero attached hydrogens (tertiary/aromatic N) is 2. The van der Waals surface area contributed by atoms with E-state index in [0.717, 1.165) is 33.3 Å². The van der Waals surface area contributed by atoms with Gasteiger partial charge in [-0.1, -0.05) is 53.5 Å². The lowest BCUT2D eigenvalue weighted by Gasteiger charge is -2.15. The van der Waals surface area contributed by atoms with E-state index in [9.17, 15) is 9.59 Å². The van der Waals surface area contributed by atoms with Gasteiger partial charge in [0.05, 0.1) is 11.3 Å². The van der Waals surface area contributed by atoms with Crippen LogP contribution in [0.2, 0.25) is 5.02 Å². The molecule has 4 aromatic rings. The topological polar surface area (TPSA) is 42.3 Å². The van der Waals surface area contributed by atoms with Gasteiger partial charge in [0.25, 0.3) is 11.8 Å². The largest absolute Gasteiger partial charge is 0.341 e. The number of halogens is 2. The molecule has 0 saturated carbocycles. The third kappa shape index (κ3) is 2.68. The van der Waals surface area contributed by atoms with E-state index in [1.54, 1.807) is 30.3 Å². The molecule has 4 nitrogen and oxygen atoms in total. The number of aryl methyl sites for hydroxylation is 1. The molecule has 6 heteroatoms. The van der Waals surface area contributed by atoms with Gasteiger partial charge in [0.2, 0.25) is 0 Å². The normalized spacial score (nSPS) is 14.6. The van der Waals surface area contributed by atoms with Crippen LogP contribution in [-0.2, 0) is 16.1 Å². The maximum Gasteiger partial charge on any atom is 0.277 e. The first-order valence-electron chi connectivity index (χ1n) is 9.56. The molecule has 0 saturated heterocycles. The third-order valence-electron chi connectivity index (χ3n) is 5.49. The summed E-state index contributed by atoms with van der Waals surface area (Å²) in [5, 5.41) is 2.52. The molecule has 0 radical (unpaired) electrons. The zero-order valence-corrected chi connectivity index (χ0v) is 17.5. The zero-order chi connectivity index (χ0) is 21.0. The van der Waals surface area contributed by atoms with Crippen LogP contribution in [0, 0.1) is 0 Å². The van der Waals surface area contributed by atoms with Gasteiger partial charge in [0.1, 0.15) is 5.03 Å². The summed E-state index contributed by atoms with van der Waals surface area (Å²) in [7, 11) is 0. The summed E-state index contributed by atoms with van der Waals surface area (Å²) in [6, 6.07) is 20.4. The Morgan fingerprint density at radius 3 is 2.23 bits per heavy atom. The number of fused-ring (bicyclic) bond motifs is 3. The lowest BCUT2D eigenvalue weighted by molar-refractivity contribution is -0.119. The molecule has 0 aliphatic carbocycles. The summed E-state index contributed by atoms with van der Waals surface area (Å²) in [5.74, 6) is -0.962. The van der Waals surface area contributed by atoms with E-state index in [0.29, 0.717) is 16.3 Å². The minimum Gasteiger partial charge on any atom is -0.341 e. The van der Waals surface area contributed by atoms with E-state index in [-0.39, 0.29) is 10.6 Å². The lowest BCUT2D eigenvalue weighted by Crippen LogP contribution is -2.31. The molecular weight excluding hydrogens is 419 g/mol. The van der Waals surface area contributed by atoms with Crippen molar-refractivity contribution in [1.82, 2.24) is 4.57 Å². The molecule has 1 aliphatic rings. The van der Waals surface area contributed by atoms with Crippen LogP contribution in [0.15, 0.2) is 71.8 Å². The Bertz CT molecular complexity index is 1380. The second-order valence-corrected chi connectivity index (χ2v) is 7.92. The predicted molar refractivity (Wildman–Crippen MR) is 122 cm³/mol. The molecule has 0 N–H and O–H groups in total. The summed E-state index contributed by atoms with van der Waals surface area (Å²) in [6.07, 6.45) is 0. The van der Waals surface area contributed by atoms with Crippen molar-refractivity contribution >= 4 is 68.1 Å². The van der Waals surface area contributed by atoms with E-state index < -0.39 is 11.8 Å². The van der Waals surface area contributed by atoms with Gasteiger partial charge in [-0.15, -0.1) is 0 Å². The average molecular weight is 435 g/mol. The minimum atomic E-state index is -0.523. The molecule has 0 fully saturated rings. The maximum absolute atomic E-state index is 13.2. The number of imide groups is 1. The van der Waals surface area contributed by atoms with E-state index in [2.05, 4.69) is 17.6 Å². The maximum atomic E-state index is 13.2. The van der Waals surface area contributed by atoms with E-state index in [1.807, 2.05) is 30.3 Å². The van der Waals surface area contributed by atoms with Crippen molar-refractivity contribution < 1.29 is 9.59 Å². The fraction of sp³-hybridized carbons (Fsp3) is 0.0833. The highest BCUT2D eigenvalue weighted by molar-refractivity contribution is 6.60. The second kappa shape index (κ2) is 7.01. The van der Waals surface area contributed by atoms with Crippen LogP contribution in [0.25, 0.3) is 27.4 Å². The number of hydrogen-bond acceptors (Lipinski definition) is 2. The molecule has 148 valence electrons. The van der Waals surface area contributed by atoms with Crippen LogP contribution in [0.3, 0.4) is 0 Å². The Morgan fingerprint density at radius 1 is 0.800 bits per heavy atom. The summed E-state index contributed by atoms with van der Waals surface area (Å²) in [6.45, 7) is 2.91. The highest BCUT2D eigenvalue weighted by Gasteiger charge is 2.39. The molecule has 30 heavy (non-hydrogen) atoms. The Labute approximate surface area is 182 Å². The van der Waals surface area contributed by atoms with Crippen molar-refractivity contribution in [3.8, 4) is 0 Å². The van der Waals surface area contributed by atoms with Crippen molar-refractivity contribution in [2.75, 3.05) is 4.90 Å². The van der Waals surface area contributed by atoms with Gasteiger partial charge >= 0.3 is 0 Å². The Kier molecular flexibility index (Phi) is 4.42. The molecule has 0 bridgehead atoms. The Hall–Kier alpha value is -3.08. The highest BCUT2D eigenvalue weighted by atomic mass is 35.5. The van der Waals surface area contributed by atoms with Crippen molar-refractivity contribution in [3.63, 3.8) is 0 Å². The molecule has 0 unspecified atom stereocenters. The number of benzene rings is 3. The van der Waals surface area contributed by atoms with E-state index >= 15 is 0 Å². The van der Waals surface area contributed by atoms with Crippen LogP contribution < -0.4 is 4.90 Å². The Balaban J connectivity index is 1.64. The number of rotatable bonds is 3. The molecule has 1 aromatic heterocycles. The number of amides is 2. The summed E-state index contributed by atoms with van der Waals surface area (Å²) < 4.78 is 2.21. The number of para-hydroxylation sites is 1. The second-order valence-electron chi connectivity index (χ2n) is 7.10. The SMILES string of the molecule is CCn1c2ccccc2c2cc(N3C(=O)C(Cl)=C(c4ccc(Cl)cc4)C3=O)ccc21. The van der Waals surface area contributed by atoms with E-state index in [1.165, 1.54) is 0 Å². The van der Waals surface area contributed by atoms with Crippen LogP contribution in [-0.4, -0.2) is 16.4 Å². The van der Waals surface area contributed by atoms with Crippen LogP contribution in [0.1, 0.15) is 12.5 Å². The quantitative estimate of drug-likeness (QED) is 0.371. The molecular formula is C24H16Cl2N2O2. The van der Waals surface area contributed by atoms with Gasteiger partial charge in [-0.3, -0.25) is 9.59 Å². The number of aromatic nitrogens is 1. The fourth-order valence-corrected chi connectivity index (χ4v) is 4.53. The molecule has 5 rings (SSSR count). The monoisotopic (exact) mass is 434 g/mol. The fourth-order valence-electron chi connectivity index (χ4n) is 4.13. The van der Waals surface area contributed by atoms with Gasteiger partial charge in [-0.2, -0.15) is 0 Å². The van der Waals surface area contributed by atoms with Crippen LogP contribution in [0.5, 0.6) is 0 Å². The zero-order valence-electron chi connectivity index (χ0n) is 16.0. The van der Waals surface area contributed by atoms with Gasteiger partial charge in [0, 0.05) is 33.4 Å². The van der Waals surface area contributed by atoms with Crippen LogP contribution >= 0.6 is 23.2 Å². The van der Waals surface area contributed by atoms with Crippen molar-refractivity contribution in [3.05, 3.63) is 82.3 Å². The van der Waals surface area contributed by atoms with Gasteiger partial charge in [-0.25, -0.2) is 4.90 Å². The van der Waals surface area contributed by atoms with Crippen LogP contribution in [0.4, 0.5) is 5.69 Å². The number of hydrogen-bond donors (Lipinski definition) is 0. The predicted octanol–water partition coefficient (Wildman–Crippen LogP) is 5.99. The summed E-state index contributed by atoms with van der Waals surface area (Å²) in [5.41, 5.74) is 3.42. The molecule has 0 spiro atoms. The number of carbonyl (C=O) groups is 2. The standard InChI is InChI=1S/C24H16Cl2N2O2/c1-2-27-19-6-4-3-5-17(19)18-13-16(11-12-20(18)27)28-23(29)21(22(26)24(28)30)14-7-9-15(25)10-8-14/h3-13H,2H2,1H3. The van der Waals surface area contributed by atoms with Crippen molar-refractivity contribution in [2.45, 2.75) is 13.5 Å². The third-order valence-corrected chi connectivity index (χ3v) is 6.09. The molecule has 2 heterocycles. The van der Waals surface area contributed by atoms with Gasteiger partial charge in [-0.05, 0) is 48.9 Å². The Morgan fingerprint density at radius 2 is 1.50 bits per heavy atom. The lowest BCUT2D eigenvalue weighted by atomic mass is 10.1. The first-order chi connectivity index (χ1) is 14.5. The smallest absolute Gasteiger partial charge is 0.277 e. The summed E-state index contributed by atoms with van der Waals surface area (Å²) in [4.78, 5) is 27.3. The van der Waals surface area contributed by atoms with Gasteiger partial charge < -0.3 is 4.57 Å². The molecule has 0 atom stereocenters. The molecule has 1 aliphatic heterocycles. The minimum absolute atomic E-state index is 0.0848. The highest BCUT2D eigenvalue weighted by Crippen LogP contribution is 2.38.